The van der Waals surface area contributed by atoms with Gasteiger partial charge >= 0.3 is 5.97 Å². The molecule has 1 aromatic carbocycles. The van der Waals surface area contributed by atoms with Crippen LogP contribution < -0.4 is 0 Å². The van der Waals surface area contributed by atoms with Crippen LogP contribution in [0.2, 0.25) is 0 Å². The van der Waals surface area contributed by atoms with Crippen molar-refractivity contribution in [3.8, 4) is 0 Å². The summed E-state index contributed by atoms with van der Waals surface area (Å²) in [5, 5.41) is 9.92. The lowest BCUT2D eigenvalue weighted by Gasteiger charge is -2.12. The Morgan fingerprint density at radius 1 is 1.41 bits per heavy atom. The maximum Gasteiger partial charge on any atom is 0.309 e. The highest BCUT2D eigenvalue weighted by molar-refractivity contribution is 5.72. The number of carbonyl (C=O) groups excluding carboxylic acids is 1. The average molecular weight is 234 g/mol. The zero-order valence-electron chi connectivity index (χ0n) is 10.1. The molecule has 0 spiro atoms. The van der Waals surface area contributed by atoms with Gasteiger partial charge in [-0.25, -0.2) is 0 Å². The quantitative estimate of drug-likeness (QED) is 0.608. The van der Waals surface area contributed by atoms with Crippen molar-refractivity contribution in [2.75, 3.05) is 6.61 Å². The first-order chi connectivity index (χ1) is 8.13. The number of ether oxygens (including phenoxy) is 1. The number of aliphatic hydroxyl groups excluding tert-OH is 1. The van der Waals surface area contributed by atoms with E-state index in [1.165, 1.54) is 0 Å². The molecule has 0 saturated heterocycles. The van der Waals surface area contributed by atoms with Crippen molar-refractivity contribution < 1.29 is 14.6 Å². The Kier molecular flexibility index (Phi) is 5.43. The highest BCUT2D eigenvalue weighted by Crippen LogP contribution is 2.21. The number of esters is 1. The van der Waals surface area contributed by atoms with Gasteiger partial charge in [-0.2, -0.15) is 0 Å². The number of rotatable bonds is 6. The van der Waals surface area contributed by atoms with E-state index in [9.17, 15) is 9.90 Å². The summed E-state index contributed by atoms with van der Waals surface area (Å²) in [5.74, 6) is -0.294. The van der Waals surface area contributed by atoms with Crippen molar-refractivity contribution in [1.82, 2.24) is 0 Å². The zero-order chi connectivity index (χ0) is 12.7. The molecule has 3 heteroatoms. The minimum absolute atomic E-state index is 0.164. The molecule has 0 aliphatic heterocycles. The van der Waals surface area contributed by atoms with Crippen LogP contribution in [0.3, 0.4) is 0 Å². The van der Waals surface area contributed by atoms with Crippen LogP contribution in [-0.2, 0) is 9.53 Å². The van der Waals surface area contributed by atoms with Crippen molar-refractivity contribution >= 4 is 5.97 Å². The molecule has 1 rings (SSSR count). The van der Waals surface area contributed by atoms with E-state index in [2.05, 4.69) is 6.58 Å². The molecule has 0 amide bonds. The van der Waals surface area contributed by atoms with Gasteiger partial charge < -0.3 is 9.84 Å². The summed E-state index contributed by atoms with van der Waals surface area (Å²) >= 11 is 0. The first-order valence-corrected chi connectivity index (χ1v) is 5.68. The Morgan fingerprint density at radius 2 is 2.06 bits per heavy atom. The second-order valence-corrected chi connectivity index (χ2v) is 3.86. The normalized spacial score (nSPS) is 11.9. The third-order valence-corrected chi connectivity index (χ3v) is 2.37. The fraction of sp³-hybridized carbons (Fsp3) is 0.357. The van der Waals surface area contributed by atoms with Crippen LogP contribution in [0.1, 0.15) is 31.4 Å². The first-order valence-electron chi connectivity index (χ1n) is 5.68. The number of benzene rings is 1. The summed E-state index contributed by atoms with van der Waals surface area (Å²) in [5.41, 5.74) is 1.51. The Hall–Kier alpha value is -1.61. The van der Waals surface area contributed by atoms with Gasteiger partial charge in [0.25, 0.3) is 0 Å². The van der Waals surface area contributed by atoms with Gasteiger partial charge in [0, 0.05) is 0 Å². The molecule has 3 nitrogen and oxygen atoms in total. The molecule has 17 heavy (non-hydrogen) atoms. The van der Waals surface area contributed by atoms with Crippen LogP contribution in [0.4, 0.5) is 0 Å². The topological polar surface area (TPSA) is 46.5 Å². The third-order valence-electron chi connectivity index (χ3n) is 2.37. The molecular weight excluding hydrogens is 216 g/mol. The summed E-state index contributed by atoms with van der Waals surface area (Å²) in [6, 6.07) is 9.33. The lowest BCUT2D eigenvalue weighted by atomic mass is 10.0. The average Bonchev–Trinajstić information content (AvgIpc) is 2.30. The summed E-state index contributed by atoms with van der Waals surface area (Å²) in [6.45, 7) is 5.91. The molecule has 0 aromatic heterocycles. The van der Waals surface area contributed by atoms with Gasteiger partial charge in [0.15, 0.2) is 0 Å². The molecule has 92 valence electrons. The summed E-state index contributed by atoms with van der Waals surface area (Å²) in [4.78, 5) is 11.2. The lowest BCUT2D eigenvalue weighted by Crippen LogP contribution is -2.07. The van der Waals surface area contributed by atoms with E-state index >= 15 is 0 Å². The third kappa shape index (κ3) is 4.83. The molecule has 0 aliphatic carbocycles. The van der Waals surface area contributed by atoms with Gasteiger partial charge in [0.05, 0.1) is 19.1 Å². The van der Waals surface area contributed by atoms with Gasteiger partial charge in [-0.05, 0) is 18.9 Å². The molecule has 0 bridgehead atoms. The van der Waals surface area contributed by atoms with Crippen molar-refractivity contribution in [3.63, 3.8) is 0 Å². The fourth-order valence-corrected chi connectivity index (χ4v) is 1.55. The zero-order valence-corrected chi connectivity index (χ0v) is 10.1. The number of hydrogen-bond donors (Lipinski definition) is 1. The Morgan fingerprint density at radius 3 is 2.65 bits per heavy atom. The summed E-state index contributed by atoms with van der Waals surface area (Å²) < 4.78 is 4.82. The molecule has 1 atom stereocenters. The lowest BCUT2D eigenvalue weighted by molar-refractivity contribution is -0.142. The molecule has 0 saturated carbocycles. The monoisotopic (exact) mass is 234 g/mol. The number of hydrogen-bond acceptors (Lipinski definition) is 3. The van der Waals surface area contributed by atoms with E-state index < -0.39 is 6.10 Å². The smallest absolute Gasteiger partial charge is 0.309 e. The minimum Gasteiger partial charge on any atom is -0.466 e. The van der Waals surface area contributed by atoms with Crippen LogP contribution in [0, 0.1) is 0 Å². The molecule has 0 aliphatic rings. The Balaban J connectivity index is 2.44. The van der Waals surface area contributed by atoms with Crippen LogP contribution in [0.15, 0.2) is 42.5 Å². The number of carbonyl (C=O) groups is 1. The molecular formula is C14H18O3. The van der Waals surface area contributed by atoms with E-state index in [-0.39, 0.29) is 12.4 Å². The predicted octanol–water partition coefficient (Wildman–Crippen LogP) is 2.62. The SMILES string of the molecule is C=C(CC(=O)OCC)C[C@H](O)c1ccccc1. The molecule has 0 heterocycles. The predicted molar refractivity (Wildman–Crippen MR) is 66.4 cm³/mol. The highest BCUT2D eigenvalue weighted by Gasteiger charge is 2.11. The summed E-state index contributed by atoms with van der Waals surface area (Å²) in [7, 11) is 0. The van der Waals surface area contributed by atoms with E-state index in [1.54, 1.807) is 6.92 Å². The first kappa shape index (κ1) is 13.5. The van der Waals surface area contributed by atoms with E-state index in [1.807, 2.05) is 30.3 Å². The van der Waals surface area contributed by atoms with E-state index in [0.717, 1.165) is 5.56 Å². The van der Waals surface area contributed by atoms with Crippen LogP contribution in [0.25, 0.3) is 0 Å². The van der Waals surface area contributed by atoms with E-state index in [4.69, 9.17) is 4.74 Å². The second kappa shape index (κ2) is 6.86. The van der Waals surface area contributed by atoms with Crippen molar-refractivity contribution in [2.24, 2.45) is 0 Å². The second-order valence-electron chi connectivity index (χ2n) is 3.86. The van der Waals surface area contributed by atoms with Gasteiger partial charge in [-0.3, -0.25) is 4.79 Å². The Bertz CT molecular complexity index is 370. The van der Waals surface area contributed by atoms with Crippen molar-refractivity contribution in [3.05, 3.63) is 48.0 Å². The van der Waals surface area contributed by atoms with Gasteiger partial charge in [0.1, 0.15) is 0 Å². The number of aliphatic hydroxyl groups is 1. The minimum atomic E-state index is -0.613. The molecule has 0 unspecified atom stereocenters. The molecule has 0 radical (unpaired) electrons. The fourth-order valence-electron chi connectivity index (χ4n) is 1.55. The van der Waals surface area contributed by atoms with Crippen LogP contribution in [0.5, 0.6) is 0 Å². The van der Waals surface area contributed by atoms with Crippen LogP contribution >= 0.6 is 0 Å². The molecule has 1 aromatic rings. The Labute approximate surface area is 102 Å². The van der Waals surface area contributed by atoms with Gasteiger partial charge in [-0.15, -0.1) is 0 Å². The maximum absolute atomic E-state index is 11.2. The molecule has 0 fully saturated rings. The highest BCUT2D eigenvalue weighted by atomic mass is 16.5. The molecule has 1 N–H and O–H groups in total. The van der Waals surface area contributed by atoms with Crippen molar-refractivity contribution in [1.29, 1.82) is 0 Å². The maximum atomic E-state index is 11.2. The standard InChI is InChI=1S/C14H18O3/c1-3-17-14(16)10-11(2)9-13(15)12-7-5-4-6-8-12/h4-8,13,15H,2-3,9-10H2,1H3/t13-/m0/s1. The largest absolute Gasteiger partial charge is 0.466 e. The van der Waals surface area contributed by atoms with E-state index in [0.29, 0.717) is 18.6 Å². The van der Waals surface area contributed by atoms with Crippen LogP contribution in [-0.4, -0.2) is 17.7 Å². The summed E-state index contributed by atoms with van der Waals surface area (Å²) in [6.07, 6.45) is -0.0706. The van der Waals surface area contributed by atoms with Gasteiger partial charge in [0.2, 0.25) is 0 Å². The van der Waals surface area contributed by atoms with Gasteiger partial charge in [-0.1, -0.05) is 42.5 Å². The van der Waals surface area contributed by atoms with Crippen molar-refractivity contribution in [2.45, 2.75) is 25.9 Å².